The van der Waals surface area contributed by atoms with Crippen LogP contribution in [0.1, 0.15) is 40.0 Å². The highest BCUT2D eigenvalue weighted by Crippen LogP contribution is 2.20. The predicted molar refractivity (Wildman–Crippen MR) is 152 cm³/mol. The second-order valence-corrected chi connectivity index (χ2v) is 11.1. The third kappa shape index (κ3) is 7.65. The molecule has 0 unspecified atom stereocenters. The number of thiophene rings is 1. The summed E-state index contributed by atoms with van der Waals surface area (Å²) in [6, 6.07) is 13.8. The monoisotopic (exact) mass is 536 g/mol. The maximum atomic E-state index is 13.7. The van der Waals surface area contributed by atoms with Crippen LogP contribution >= 0.6 is 11.3 Å². The molecule has 3 aromatic rings. The Labute approximate surface area is 229 Å². The summed E-state index contributed by atoms with van der Waals surface area (Å²) in [5.41, 5.74) is 4.94. The van der Waals surface area contributed by atoms with Crippen molar-refractivity contribution in [3.63, 3.8) is 0 Å². The summed E-state index contributed by atoms with van der Waals surface area (Å²) >= 11 is 1.61. The van der Waals surface area contributed by atoms with Crippen molar-refractivity contribution in [1.29, 1.82) is 0 Å². The first-order valence-corrected chi connectivity index (χ1v) is 14.1. The van der Waals surface area contributed by atoms with Crippen molar-refractivity contribution in [1.82, 2.24) is 14.7 Å². The van der Waals surface area contributed by atoms with Crippen molar-refractivity contribution in [2.45, 2.75) is 46.7 Å². The number of halogens is 1. The lowest BCUT2D eigenvalue weighted by Crippen LogP contribution is -2.46. The van der Waals surface area contributed by atoms with Gasteiger partial charge in [-0.2, -0.15) is 0 Å². The van der Waals surface area contributed by atoms with E-state index in [9.17, 15) is 14.0 Å². The first-order valence-electron chi connectivity index (χ1n) is 13.2. The fraction of sp³-hybridized carbons (Fsp3) is 0.400. The van der Waals surface area contributed by atoms with Crippen LogP contribution in [0.4, 0.5) is 14.9 Å². The average Bonchev–Trinajstić information content (AvgIpc) is 3.56. The largest absolute Gasteiger partial charge is 0.332 e. The maximum absolute atomic E-state index is 13.7. The van der Waals surface area contributed by atoms with Crippen LogP contribution in [0.25, 0.3) is 0 Å². The number of benzene rings is 2. The molecular weight excluding hydrogens is 499 g/mol. The molecule has 0 bridgehead atoms. The van der Waals surface area contributed by atoms with Crippen molar-refractivity contribution >= 4 is 29.0 Å². The van der Waals surface area contributed by atoms with Gasteiger partial charge in [0.05, 0.1) is 6.54 Å². The van der Waals surface area contributed by atoms with Gasteiger partial charge < -0.3 is 20.0 Å². The number of amides is 3. The fourth-order valence-corrected chi connectivity index (χ4v) is 5.51. The Morgan fingerprint density at radius 3 is 2.32 bits per heavy atom. The molecule has 6 nitrogen and oxygen atoms in total. The van der Waals surface area contributed by atoms with E-state index >= 15 is 0 Å². The summed E-state index contributed by atoms with van der Waals surface area (Å²) in [5, 5.41) is 5.02. The van der Waals surface area contributed by atoms with Gasteiger partial charge in [-0.05, 0) is 105 Å². The molecule has 3 amide bonds. The molecule has 2 heterocycles. The van der Waals surface area contributed by atoms with E-state index in [0.29, 0.717) is 25.3 Å². The summed E-state index contributed by atoms with van der Waals surface area (Å²) in [7, 11) is 0. The SMILES string of the molecule is Cc1ccc(NC(=O)N(CCN2CCCC2)CC(=O)N(Cc2ccc(F)cc2)Cc2sccc2C)cc1C. The van der Waals surface area contributed by atoms with E-state index in [0.717, 1.165) is 46.8 Å². The zero-order chi connectivity index (χ0) is 27.1. The maximum Gasteiger partial charge on any atom is 0.322 e. The molecule has 1 saturated heterocycles. The third-order valence-corrected chi connectivity index (χ3v) is 8.21. The molecule has 0 atom stereocenters. The van der Waals surface area contributed by atoms with Crippen LogP contribution in [-0.4, -0.2) is 59.4 Å². The Bertz CT molecular complexity index is 1240. The van der Waals surface area contributed by atoms with Crippen molar-refractivity contribution in [3.05, 3.63) is 86.9 Å². The van der Waals surface area contributed by atoms with Crippen molar-refractivity contribution in [3.8, 4) is 0 Å². The molecule has 0 saturated carbocycles. The topological polar surface area (TPSA) is 55.9 Å². The number of urea groups is 1. The van der Waals surface area contributed by atoms with Crippen molar-refractivity contribution < 1.29 is 14.0 Å². The number of hydrogen-bond donors (Lipinski definition) is 1. The van der Waals surface area contributed by atoms with Gasteiger partial charge in [-0.25, -0.2) is 9.18 Å². The van der Waals surface area contributed by atoms with Gasteiger partial charge in [-0.3, -0.25) is 4.79 Å². The van der Waals surface area contributed by atoms with Crippen LogP contribution in [0, 0.1) is 26.6 Å². The number of anilines is 1. The quantitative estimate of drug-likeness (QED) is 0.347. The number of hydrogen-bond acceptors (Lipinski definition) is 4. The third-order valence-electron chi connectivity index (χ3n) is 7.20. The Kier molecular flexibility index (Phi) is 9.53. The van der Waals surface area contributed by atoms with E-state index in [1.165, 1.54) is 25.0 Å². The lowest BCUT2D eigenvalue weighted by molar-refractivity contribution is -0.133. The van der Waals surface area contributed by atoms with Crippen LogP contribution in [0.5, 0.6) is 0 Å². The highest BCUT2D eigenvalue weighted by atomic mass is 32.1. The van der Waals surface area contributed by atoms with Crippen molar-refractivity contribution in [2.75, 3.05) is 38.0 Å². The smallest absolute Gasteiger partial charge is 0.322 e. The van der Waals surface area contributed by atoms with E-state index in [-0.39, 0.29) is 24.3 Å². The molecule has 4 rings (SSSR count). The van der Waals surface area contributed by atoms with Gasteiger partial charge in [-0.1, -0.05) is 18.2 Å². The summed E-state index contributed by atoms with van der Waals surface area (Å²) in [4.78, 5) is 34.0. The molecule has 2 aromatic carbocycles. The second-order valence-electron chi connectivity index (χ2n) is 10.1. The zero-order valence-corrected chi connectivity index (χ0v) is 23.3. The first kappa shape index (κ1) is 27.8. The molecule has 1 aromatic heterocycles. The van der Waals surface area contributed by atoms with Crippen molar-refractivity contribution in [2.24, 2.45) is 0 Å². The van der Waals surface area contributed by atoms with E-state index in [1.54, 1.807) is 33.3 Å². The normalized spacial score (nSPS) is 13.5. The van der Waals surface area contributed by atoms with Gasteiger partial charge in [0.15, 0.2) is 0 Å². The molecule has 202 valence electrons. The second kappa shape index (κ2) is 13.0. The van der Waals surface area contributed by atoms with Crippen LogP contribution in [0.2, 0.25) is 0 Å². The number of carbonyl (C=O) groups excluding carboxylic acids is 2. The Morgan fingerprint density at radius 2 is 1.66 bits per heavy atom. The minimum absolute atomic E-state index is 0.0316. The Hall–Kier alpha value is -3.23. The van der Waals surface area contributed by atoms with E-state index < -0.39 is 0 Å². The average molecular weight is 537 g/mol. The lowest BCUT2D eigenvalue weighted by atomic mass is 10.1. The molecule has 1 aliphatic rings. The molecule has 0 spiro atoms. The summed E-state index contributed by atoms with van der Waals surface area (Å²) in [6.07, 6.45) is 2.33. The molecule has 0 aliphatic carbocycles. The highest BCUT2D eigenvalue weighted by molar-refractivity contribution is 7.10. The zero-order valence-electron chi connectivity index (χ0n) is 22.5. The van der Waals surface area contributed by atoms with Gasteiger partial charge in [0, 0.05) is 30.2 Å². The van der Waals surface area contributed by atoms with Crippen LogP contribution in [0.15, 0.2) is 53.9 Å². The van der Waals surface area contributed by atoms with Crippen LogP contribution in [-0.2, 0) is 17.9 Å². The Balaban J connectivity index is 1.51. The van der Waals surface area contributed by atoms with Crippen LogP contribution < -0.4 is 5.32 Å². The highest BCUT2D eigenvalue weighted by Gasteiger charge is 2.24. The molecule has 8 heteroatoms. The first-order chi connectivity index (χ1) is 18.3. The molecular formula is C30H37FN4O2S. The minimum atomic E-state index is -0.308. The molecule has 38 heavy (non-hydrogen) atoms. The molecule has 1 fully saturated rings. The number of nitrogens with one attached hydrogen (secondary N) is 1. The lowest BCUT2D eigenvalue weighted by Gasteiger charge is -2.29. The Morgan fingerprint density at radius 1 is 0.921 bits per heavy atom. The molecule has 1 aliphatic heterocycles. The predicted octanol–water partition coefficient (Wildman–Crippen LogP) is 5.97. The van der Waals surface area contributed by atoms with E-state index in [4.69, 9.17) is 0 Å². The van der Waals surface area contributed by atoms with Gasteiger partial charge in [0.1, 0.15) is 12.4 Å². The standard InChI is InChI=1S/C30H37FN4O2S/c1-22-6-11-27(18-24(22)3)32-30(37)34(16-15-33-13-4-5-14-33)21-29(36)35(20-28-23(2)12-17-38-28)19-25-7-9-26(31)10-8-25/h6-12,17-18H,4-5,13-16,19-21H2,1-3H3,(H,32,37). The van der Waals surface area contributed by atoms with Gasteiger partial charge in [0.25, 0.3) is 0 Å². The minimum Gasteiger partial charge on any atom is -0.332 e. The number of carbonyl (C=O) groups is 2. The van der Waals surface area contributed by atoms with Crippen LogP contribution in [0.3, 0.4) is 0 Å². The summed E-state index contributed by atoms with van der Waals surface area (Å²) in [6.45, 7) is 10.1. The van der Waals surface area contributed by atoms with E-state index in [2.05, 4.69) is 10.2 Å². The summed E-state index contributed by atoms with van der Waals surface area (Å²) in [5.74, 6) is -0.449. The summed E-state index contributed by atoms with van der Waals surface area (Å²) < 4.78 is 13.5. The van der Waals surface area contributed by atoms with E-state index in [1.807, 2.05) is 50.4 Å². The number of likely N-dealkylation sites (tertiary alicyclic amines) is 1. The number of aryl methyl sites for hydroxylation is 3. The van der Waals surface area contributed by atoms with Gasteiger partial charge in [-0.15, -0.1) is 11.3 Å². The molecule has 1 N–H and O–H groups in total. The van der Waals surface area contributed by atoms with Gasteiger partial charge >= 0.3 is 6.03 Å². The fourth-order valence-electron chi connectivity index (χ4n) is 4.59. The molecule has 0 radical (unpaired) electrons. The number of nitrogens with zero attached hydrogens (tertiary/aromatic N) is 3. The van der Waals surface area contributed by atoms with Gasteiger partial charge in [0.2, 0.25) is 5.91 Å². The number of rotatable bonds is 10.